The second kappa shape index (κ2) is 7.08. The number of hydrogen-bond donors (Lipinski definition) is 0. The van der Waals surface area contributed by atoms with Gasteiger partial charge in [-0.2, -0.15) is 0 Å². The van der Waals surface area contributed by atoms with Crippen LogP contribution >= 0.6 is 0 Å². The van der Waals surface area contributed by atoms with E-state index < -0.39 is 5.97 Å². The monoisotopic (exact) mass is 375 g/mol. The third-order valence-corrected chi connectivity index (χ3v) is 5.61. The van der Waals surface area contributed by atoms with E-state index in [1.54, 1.807) is 30.3 Å². The van der Waals surface area contributed by atoms with E-state index in [9.17, 15) is 14.4 Å². The molecule has 0 radical (unpaired) electrons. The molecule has 2 aromatic carbocycles. The molecule has 4 rings (SSSR count). The molecule has 1 aliphatic carbocycles. The number of aryl methyl sites for hydroxylation is 1. The van der Waals surface area contributed by atoms with Crippen LogP contribution in [0.1, 0.15) is 34.3 Å². The summed E-state index contributed by atoms with van der Waals surface area (Å²) in [5, 5.41) is 0. The van der Waals surface area contributed by atoms with Crippen LogP contribution in [0.5, 0.6) is 5.75 Å². The van der Waals surface area contributed by atoms with Crippen molar-refractivity contribution < 1.29 is 19.1 Å². The molecule has 2 atom stereocenters. The van der Waals surface area contributed by atoms with Gasteiger partial charge >= 0.3 is 5.97 Å². The first-order valence-electron chi connectivity index (χ1n) is 9.38. The number of carbonyl (C=O) groups is 3. The molecule has 2 aromatic rings. The summed E-state index contributed by atoms with van der Waals surface area (Å²) in [4.78, 5) is 39.4. The molecule has 0 spiro atoms. The Morgan fingerprint density at radius 3 is 2.29 bits per heavy atom. The molecule has 2 unspecified atom stereocenters. The predicted octanol–water partition coefficient (Wildman–Crippen LogP) is 3.98. The zero-order chi connectivity index (χ0) is 19.8. The topological polar surface area (TPSA) is 63.7 Å². The number of anilines is 1. The number of fused-ring (bicyclic) bond motifs is 1. The van der Waals surface area contributed by atoms with Crippen molar-refractivity contribution in [3.8, 4) is 5.75 Å². The average Bonchev–Trinajstić information content (AvgIpc) is 2.96. The van der Waals surface area contributed by atoms with E-state index in [0.29, 0.717) is 29.8 Å². The van der Waals surface area contributed by atoms with Gasteiger partial charge < -0.3 is 4.74 Å². The molecular formula is C23H21NO4. The summed E-state index contributed by atoms with van der Waals surface area (Å²) >= 11 is 0. The molecule has 5 heteroatoms. The molecule has 2 aliphatic rings. The minimum absolute atomic E-state index is 0.195. The van der Waals surface area contributed by atoms with Crippen LogP contribution in [-0.2, 0) is 9.59 Å². The Balaban J connectivity index is 1.60. The standard InChI is InChI=1S/C23H21NO4/c1-14-7-5-12-20(15(14)2)28-23(27)16-8-6-9-17(13-16)24-21(25)18-10-3-4-11-19(18)22(24)26/h3-9,12-13,18-19H,10-11H2,1-2H3. The van der Waals surface area contributed by atoms with Gasteiger partial charge in [-0.25, -0.2) is 4.79 Å². The molecule has 1 saturated heterocycles. The highest BCUT2D eigenvalue weighted by Crippen LogP contribution is 2.37. The van der Waals surface area contributed by atoms with Gasteiger partial charge in [0.15, 0.2) is 0 Å². The van der Waals surface area contributed by atoms with Crippen molar-refractivity contribution in [2.75, 3.05) is 4.90 Å². The summed E-state index contributed by atoms with van der Waals surface area (Å²) in [6.07, 6.45) is 5.07. The molecule has 2 amide bonds. The summed E-state index contributed by atoms with van der Waals surface area (Å²) in [5.74, 6) is -1.01. The number of allylic oxidation sites excluding steroid dienone is 2. The van der Waals surface area contributed by atoms with Crippen molar-refractivity contribution in [1.82, 2.24) is 0 Å². The first-order chi connectivity index (χ1) is 13.5. The molecule has 5 nitrogen and oxygen atoms in total. The summed E-state index contributed by atoms with van der Waals surface area (Å²) in [6, 6.07) is 12.0. The number of rotatable bonds is 3. The smallest absolute Gasteiger partial charge is 0.343 e. The molecule has 28 heavy (non-hydrogen) atoms. The lowest BCUT2D eigenvalue weighted by atomic mass is 9.85. The lowest BCUT2D eigenvalue weighted by molar-refractivity contribution is -0.122. The lowest BCUT2D eigenvalue weighted by Crippen LogP contribution is -2.31. The van der Waals surface area contributed by atoms with Gasteiger partial charge in [0.1, 0.15) is 5.75 Å². The van der Waals surface area contributed by atoms with Gasteiger partial charge in [-0.1, -0.05) is 30.4 Å². The molecular weight excluding hydrogens is 354 g/mol. The van der Waals surface area contributed by atoms with Crippen molar-refractivity contribution in [2.24, 2.45) is 11.8 Å². The second-order valence-corrected chi connectivity index (χ2v) is 7.31. The normalized spacial score (nSPS) is 21.0. The Morgan fingerprint density at radius 2 is 1.61 bits per heavy atom. The third-order valence-electron chi connectivity index (χ3n) is 5.61. The van der Waals surface area contributed by atoms with Crippen molar-refractivity contribution in [2.45, 2.75) is 26.7 Å². The number of imide groups is 1. The van der Waals surface area contributed by atoms with E-state index >= 15 is 0 Å². The van der Waals surface area contributed by atoms with Crippen molar-refractivity contribution in [3.05, 3.63) is 71.3 Å². The minimum atomic E-state index is -0.520. The zero-order valence-corrected chi connectivity index (χ0v) is 15.8. The molecule has 0 aromatic heterocycles. The predicted molar refractivity (Wildman–Crippen MR) is 105 cm³/mol. The van der Waals surface area contributed by atoms with Crippen LogP contribution in [0.25, 0.3) is 0 Å². The van der Waals surface area contributed by atoms with Crippen LogP contribution in [0.4, 0.5) is 5.69 Å². The number of ether oxygens (including phenoxy) is 1. The SMILES string of the molecule is Cc1cccc(OC(=O)c2cccc(N3C(=O)C4CC=CCC4C3=O)c2)c1C. The Kier molecular flexibility index (Phi) is 4.59. The van der Waals surface area contributed by atoms with Crippen molar-refractivity contribution in [1.29, 1.82) is 0 Å². The highest BCUT2D eigenvalue weighted by Gasteiger charge is 2.47. The summed E-state index contributed by atoms with van der Waals surface area (Å²) in [7, 11) is 0. The number of carbonyl (C=O) groups excluding carboxylic acids is 3. The van der Waals surface area contributed by atoms with Gasteiger partial charge in [-0.3, -0.25) is 14.5 Å². The average molecular weight is 375 g/mol. The van der Waals surface area contributed by atoms with Crippen LogP contribution in [0, 0.1) is 25.7 Å². The third kappa shape index (κ3) is 3.03. The fourth-order valence-electron chi connectivity index (χ4n) is 3.82. The van der Waals surface area contributed by atoms with E-state index in [0.717, 1.165) is 11.1 Å². The Labute approximate surface area is 163 Å². The number of amides is 2. The van der Waals surface area contributed by atoms with Crippen LogP contribution in [0.3, 0.4) is 0 Å². The highest BCUT2D eigenvalue weighted by atomic mass is 16.5. The van der Waals surface area contributed by atoms with Gasteiger partial charge in [-0.15, -0.1) is 0 Å². The lowest BCUT2D eigenvalue weighted by Gasteiger charge is -2.16. The highest BCUT2D eigenvalue weighted by molar-refractivity contribution is 6.22. The zero-order valence-electron chi connectivity index (χ0n) is 15.8. The molecule has 142 valence electrons. The van der Waals surface area contributed by atoms with E-state index in [1.165, 1.54) is 4.90 Å². The minimum Gasteiger partial charge on any atom is -0.423 e. The van der Waals surface area contributed by atoms with Gasteiger partial charge in [0.2, 0.25) is 11.8 Å². The van der Waals surface area contributed by atoms with E-state index in [1.807, 2.05) is 38.1 Å². The van der Waals surface area contributed by atoms with Crippen LogP contribution in [0.15, 0.2) is 54.6 Å². The maximum Gasteiger partial charge on any atom is 0.343 e. The van der Waals surface area contributed by atoms with E-state index in [-0.39, 0.29) is 23.7 Å². The Bertz CT molecular complexity index is 981. The Hall–Kier alpha value is -3.21. The first-order valence-corrected chi connectivity index (χ1v) is 9.38. The van der Waals surface area contributed by atoms with Gasteiger partial charge in [-0.05, 0) is 62.1 Å². The fourth-order valence-corrected chi connectivity index (χ4v) is 3.82. The summed E-state index contributed by atoms with van der Waals surface area (Å²) < 4.78 is 5.54. The summed E-state index contributed by atoms with van der Waals surface area (Å²) in [6.45, 7) is 3.85. The second-order valence-electron chi connectivity index (χ2n) is 7.31. The molecule has 0 saturated carbocycles. The molecule has 1 heterocycles. The molecule has 1 aliphatic heterocycles. The van der Waals surface area contributed by atoms with E-state index in [4.69, 9.17) is 4.74 Å². The van der Waals surface area contributed by atoms with Crippen LogP contribution in [0.2, 0.25) is 0 Å². The van der Waals surface area contributed by atoms with Gasteiger partial charge in [0.05, 0.1) is 23.1 Å². The van der Waals surface area contributed by atoms with Gasteiger partial charge in [0.25, 0.3) is 0 Å². The fraction of sp³-hybridized carbons (Fsp3) is 0.261. The molecule has 0 N–H and O–H groups in total. The van der Waals surface area contributed by atoms with Crippen LogP contribution < -0.4 is 9.64 Å². The first kappa shape index (κ1) is 18.2. The van der Waals surface area contributed by atoms with Crippen molar-refractivity contribution in [3.63, 3.8) is 0 Å². The van der Waals surface area contributed by atoms with E-state index in [2.05, 4.69) is 0 Å². The maximum absolute atomic E-state index is 12.8. The Morgan fingerprint density at radius 1 is 0.964 bits per heavy atom. The number of nitrogens with zero attached hydrogens (tertiary/aromatic N) is 1. The maximum atomic E-state index is 12.8. The summed E-state index contributed by atoms with van der Waals surface area (Å²) in [5.41, 5.74) is 2.64. The number of benzene rings is 2. The number of esters is 1. The van der Waals surface area contributed by atoms with Crippen molar-refractivity contribution >= 4 is 23.5 Å². The van der Waals surface area contributed by atoms with Gasteiger partial charge in [0, 0.05) is 0 Å². The molecule has 1 fully saturated rings. The van der Waals surface area contributed by atoms with Crippen LogP contribution in [-0.4, -0.2) is 17.8 Å². The largest absolute Gasteiger partial charge is 0.423 e. The number of hydrogen-bond acceptors (Lipinski definition) is 4. The quantitative estimate of drug-likeness (QED) is 0.352. The molecule has 0 bridgehead atoms.